The molecule has 0 aliphatic rings. The first-order chi connectivity index (χ1) is 6.52. The van der Waals surface area contributed by atoms with Crippen molar-refractivity contribution in [2.24, 2.45) is 0 Å². The minimum absolute atomic E-state index is 0.0447. The van der Waals surface area contributed by atoms with E-state index in [1.54, 1.807) is 0 Å². The maximum atomic E-state index is 10.7. The SMILES string of the molecule is O=C(Cl)N(Br)c1ccc([N+](=O)[O-])cc1. The lowest BCUT2D eigenvalue weighted by Gasteiger charge is -2.09. The first kappa shape index (κ1) is 10.9. The number of non-ortho nitro benzene ring substituents is 1. The van der Waals surface area contributed by atoms with Gasteiger partial charge in [-0.2, -0.15) is 0 Å². The van der Waals surface area contributed by atoms with Crippen LogP contribution in [0.3, 0.4) is 0 Å². The third kappa shape index (κ3) is 2.43. The van der Waals surface area contributed by atoms with E-state index >= 15 is 0 Å². The van der Waals surface area contributed by atoms with E-state index in [0.717, 1.165) is 3.93 Å². The monoisotopic (exact) mass is 278 g/mol. The van der Waals surface area contributed by atoms with E-state index < -0.39 is 10.3 Å². The van der Waals surface area contributed by atoms with Gasteiger partial charge in [0.15, 0.2) is 0 Å². The van der Waals surface area contributed by atoms with Crippen LogP contribution in [0.4, 0.5) is 16.2 Å². The molecule has 0 aliphatic carbocycles. The zero-order chi connectivity index (χ0) is 10.7. The van der Waals surface area contributed by atoms with Crippen molar-refractivity contribution in [3.05, 3.63) is 34.4 Å². The number of nitro groups is 1. The van der Waals surface area contributed by atoms with Crippen molar-refractivity contribution < 1.29 is 9.72 Å². The van der Waals surface area contributed by atoms with Gasteiger partial charge in [0.25, 0.3) is 5.69 Å². The Bertz CT molecular complexity index is 368. The van der Waals surface area contributed by atoms with Gasteiger partial charge >= 0.3 is 5.37 Å². The van der Waals surface area contributed by atoms with Crippen molar-refractivity contribution in [3.8, 4) is 0 Å². The van der Waals surface area contributed by atoms with Crippen LogP contribution >= 0.6 is 27.7 Å². The fourth-order valence-corrected chi connectivity index (χ4v) is 1.14. The number of benzene rings is 1. The molecule has 1 aromatic rings. The van der Waals surface area contributed by atoms with Crippen molar-refractivity contribution >= 4 is 44.5 Å². The average molecular weight is 279 g/mol. The Balaban J connectivity index is 2.94. The normalized spacial score (nSPS) is 9.57. The van der Waals surface area contributed by atoms with E-state index in [2.05, 4.69) is 16.1 Å². The van der Waals surface area contributed by atoms with Crippen molar-refractivity contribution in [3.63, 3.8) is 0 Å². The molecule has 0 radical (unpaired) electrons. The van der Waals surface area contributed by atoms with Crippen LogP contribution in [-0.4, -0.2) is 10.3 Å². The predicted octanol–water partition coefficient (Wildman–Crippen LogP) is 3.07. The largest absolute Gasteiger partial charge is 0.331 e. The zero-order valence-corrected chi connectivity index (χ0v) is 9.03. The highest BCUT2D eigenvalue weighted by atomic mass is 79.9. The average Bonchev–Trinajstić information content (AvgIpc) is 2.16. The van der Waals surface area contributed by atoms with Crippen molar-refractivity contribution in [1.82, 2.24) is 0 Å². The highest BCUT2D eigenvalue weighted by molar-refractivity contribution is 9.10. The second-order valence-electron chi connectivity index (χ2n) is 2.31. The van der Waals surface area contributed by atoms with E-state index in [1.165, 1.54) is 24.3 Å². The number of anilines is 1. The summed E-state index contributed by atoms with van der Waals surface area (Å²) in [6, 6.07) is 5.38. The molecule has 14 heavy (non-hydrogen) atoms. The molecule has 0 N–H and O–H groups in total. The van der Waals surface area contributed by atoms with Gasteiger partial charge in [0, 0.05) is 12.1 Å². The summed E-state index contributed by atoms with van der Waals surface area (Å²) in [6.45, 7) is 0. The van der Waals surface area contributed by atoms with Crippen LogP contribution in [0.25, 0.3) is 0 Å². The number of nitrogens with zero attached hydrogens (tertiary/aromatic N) is 2. The van der Waals surface area contributed by atoms with Gasteiger partial charge in [0.1, 0.15) is 0 Å². The van der Waals surface area contributed by atoms with E-state index in [-0.39, 0.29) is 5.69 Å². The Hall–Kier alpha value is -1.14. The lowest BCUT2D eigenvalue weighted by atomic mass is 10.3. The molecule has 0 fully saturated rings. The second kappa shape index (κ2) is 4.39. The molecule has 0 saturated carbocycles. The van der Waals surface area contributed by atoms with Gasteiger partial charge < -0.3 is 0 Å². The maximum Gasteiger partial charge on any atom is 0.331 e. The Labute approximate surface area is 92.8 Å². The molecule has 1 aromatic carbocycles. The molecule has 0 aliphatic heterocycles. The molecule has 0 atom stereocenters. The Morgan fingerprint density at radius 1 is 1.43 bits per heavy atom. The number of amides is 1. The minimum atomic E-state index is -0.723. The van der Waals surface area contributed by atoms with Crippen LogP contribution in [0.2, 0.25) is 0 Å². The molecular formula is C7H4BrClN2O3. The molecule has 0 spiro atoms. The summed E-state index contributed by atoms with van der Waals surface area (Å²) in [4.78, 5) is 20.5. The van der Waals surface area contributed by atoms with Gasteiger partial charge in [0.2, 0.25) is 0 Å². The zero-order valence-electron chi connectivity index (χ0n) is 6.68. The summed E-state index contributed by atoms with van der Waals surface area (Å²) >= 11 is 8.07. The van der Waals surface area contributed by atoms with Crippen LogP contribution in [0, 0.1) is 10.1 Å². The molecule has 0 heterocycles. The van der Waals surface area contributed by atoms with Crippen LogP contribution in [0.15, 0.2) is 24.3 Å². The van der Waals surface area contributed by atoms with Crippen LogP contribution in [-0.2, 0) is 0 Å². The molecule has 1 rings (SSSR count). The number of nitro benzene ring substituents is 1. The lowest BCUT2D eigenvalue weighted by molar-refractivity contribution is -0.384. The first-order valence-electron chi connectivity index (χ1n) is 3.42. The lowest BCUT2D eigenvalue weighted by Crippen LogP contribution is -2.11. The minimum Gasteiger partial charge on any atom is -0.258 e. The first-order valence-corrected chi connectivity index (χ1v) is 4.51. The summed E-state index contributed by atoms with van der Waals surface area (Å²) in [5.41, 5.74) is 0.382. The van der Waals surface area contributed by atoms with Crippen molar-refractivity contribution in [2.75, 3.05) is 3.93 Å². The fraction of sp³-hybridized carbons (Fsp3) is 0. The highest BCUT2D eigenvalue weighted by Gasteiger charge is 2.11. The van der Waals surface area contributed by atoms with Gasteiger partial charge in [-0.05, 0) is 23.7 Å². The van der Waals surface area contributed by atoms with Gasteiger partial charge in [-0.25, -0.2) is 3.93 Å². The van der Waals surface area contributed by atoms with Gasteiger partial charge in [-0.3, -0.25) is 14.9 Å². The molecule has 0 aromatic heterocycles. The van der Waals surface area contributed by atoms with E-state index in [0.29, 0.717) is 5.69 Å². The van der Waals surface area contributed by atoms with Gasteiger partial charge in [-0.15, -0.1) is 0 Å². The van der Waals surface area contributed by atoms with Gasteiger partial charge in [-0.1, -0.05) is 0 Å². The summed E-state index contributed by atoms with van der Waals surface area (Å²) in [5, 5.41) is 9.58. The quantitative estimate of drug-likeness (QED) is 0.275. The highest BCUT2D eigenvalue weighted by Crippen LogP contribution is 2.22. The summed E-state index contributed by atoms with van der Waals surface area (Å²) in [5.74, 6) is 0. The fourth-order valence-electron chi connectivity index (χ4n) is 0.807. The summed E-state index contributed by atoms with van der Waals surface area (Å²) in [6.07, 6.45) is 0. The summed E-state index contributed by atoms with van der Waals surface area (Å²) < 4.78 is 0.998. The molecule has 1 amide bonds. The third-order valence-corrected chi connectivity index (χ3v) is 2.55. The van der Waals surface area contributed by atoms with Crippen LogP contribution in [0.5, 0.6) is 0 Å². The molecule has 0 unspecified atom stereocenters. The van der Waals surface area contributed by atoms with E-state index in [9.17, 15) is 14.9 Å². The maximum absolute atomic E-state index is 10.7. The third-order valence-electron chi connectivity index (χ3n) is 1.44. The molecule has 7 heteroatoms. The Morgan fingerprint density at radius 3 is 2.29 bits per heavy atom. The molecule has 5 nitrogen and oxygen atoms in total. The Morgan fingerprint density at radius 2 is 1.93 bits per heavy atom. The van der Waals surface area contributed by atoms with Gasteiger partial charge in [0.05, 0.1) is 26.8 Å². The van der Waals surface area contributed by atoms with E-state index in [1.807, 2.05) is 0 Å². The molecular weight excluding hydrogens is 275 g/mol. The van der Waals surface area contributed by atoms with Crippen LogP contribution < -0.4 is 3.93 Å². The van der Waals surface area contributed by atoms with Crippen LogP contribution in [0.1, 0.15) is 0 Å². The number of carbonyl (C=O) groups excluding carboxylic acids is 1. The predicted molar refractivity (Wildman–Crippen MR) is 55.8 cm³/mol. The molecule has 74 valence electrons. The second-order valence-corrected chi connectivity index (χ2v) is 3.34. The smallest absolute Gasteiger partial charge is 0.258 e. The topological polar surface area (TPSA) is 63.5 Å². The van der Waals surface area contributed by atoms with E-state index in [4.69, 9.17) is 11.6 Å². The number of hydrogen-bond acceptors (Lipinski definition) is 3. The number of halogens is 2. The van der Waals surface area contributed by atoms with Crippen molar-refractivity contribution in [2.45, 2.75) is 0 Å². The number of hydrogen-bond donors (Lipinski definition) is 0. The Kier molecular flexibility index (Phi) is 3.43. The molecule has 0 saturated heterocycles. The summed E-state index contributed by atoms with van der Waals surface area (Å²) in [7, 11) is 0. The molecule has 0 bridgehead atoms. The number of rotatable bonds is 2. The standard InChI is InChI=1S/C7H4BrClN2O3/c8-10(7(9)12)5-1-3-6(4-2-5)11(13)14/h1-4H. The van der Waals surface area contributed by atoms with Crippen molar-refractivity contribution in [1.29, 1.82) is 0 Å². The number of carbonyl (C=O) groups is 1.